The molecule has 1 fully saturated rings. The molecule has 0 aromatic heterocycles. The van der Waals surface area contributed by atoms with E-state index >= 15 is 0 Å². The summed E-state index contributed by atoms with van der Waals surface area (Å²) >= 11 is 0. The van der Waals surface area contributed by atoms with Gasteiger partial charge in [0.05, 0.1) is 14.2 Å². The predicted molar refractivity (Wildman–Crippen MR) is 115 cm³/mol. The van der Waals surface area contributed by atoms with Crippen LogP contribution in [0.5, 0.6) is 11.5 Å². The van der Waals surface area contributed by atoms with Crippen LogP contribution in [0.2, 0.25) is 0 Å². The van der Waals surface area contributed by atoms with Gasteiger partial charge in [-0.15, -0.1) is 0 Å². The van der Waals surface area contributed by atoms with Crippen molar-refractivity contribution in [3.63, 3.8) is 0 Å². The van der Waals surface area contributed by atoms with E-state index in [0.717, 1.165) is 64.5 Å². The van der Waals surface area contributed by atoms with Crippen molar-refractivity contribution >= 4 is 27.6 Å². The van der Waals surface area contributed by atoms with Crippen LogP contribution < -0.4 is 9.47 Å². The second kappa shape index (κ2) is 8.19. The van der Waals surface area contributed by atoms with Gasteiger partial charge in [-0.1, -0.05) is 36.4 Å². The summed E-state index contributed by atoms with van der Waals surface area (Å²) in [6.45, 7) is 3.47. The second-order valence-corrected chi connectivity index (χ2v) is 7.49. The average molecular weight is 393 g/mol. The number of likely N-dealkylation sites (tertiary alicyclic amines) is 1. The summed E-state index contributed by atoms with van der Waals surface area (Å²) < 4.78 is 17.3. The van der Waals surface area contributed by atoms with Gasteiger partial charge in [0.2, 0.25) is 0 Å². The molecule has 4 rings (SSSR count). The zero-order chi connectivity index (χ0) is 20.4. The van der Waals surface area contributed by atoms with Crippen LogP contribution in [0.15, 0.2) is 42.5 Å². The fraction of sp³-hybridized carbons (Fsp3) is 0.375. The summed E-state index contributed by atoms with van der Waals surface area (Å²) in [5, 5.41) is 3.92. The summed E-state index contributed by atoms with van der Waals surface area (Å²) in [6.07, 6.45) is 2.68. The zero-order valence-electron chi connectivity index (χ0n) is 17.2. The molecular weight excluding hydrogens is 366 g/mol. The van der Waals surface area contributed by atoms with Gasteiger partial charge >= 0.3 is 6.09 Å². The number of hydrogen-bond acceptors (Lipinski definition) is 4. The predicted octanol–water partition coefficient (Wildman–Crippen LogP) is 5.69. The molecule has 3 aromatic carbocycles. The van der Waals surface area contributed by atoms with Gasteiger partial charge in [-0.05, 0) is 37.8 Å². The molecule has 0 radical (unpaired) electrons. The molecule has 0 aliphatic carbocycles. The van der Waals surface area contributed by atoms with Gasteiger partial charge < -0.3 is 19.1 Å². The van der Waals surface area contributed by atoms with Gasteiger partial charge in [0.15, 0.2) is 0 Å². The van der Waals surface area contributed by atoms with Gasteiger partial charge in [-0.2, -0.15) is 0 Å². The molecule has 1 saturated heterocycles. The highest BCUT2D eigenvalue weighted by molar-refractivity contribution is 6.11. The Hall–Kier alpha value is -2.95. The Morgan fingerprint density at radius 1 is 0.862 bits per heavy atom. The van der Waals surface area contributed by atoms with Crippen molar-refractivity contribution in [2.45, 2.75) is 32.3 Å². The largest absolute Gasteiger partial charge is 0.495 e. The van der Waals surface area contributed by atoms with E-state index in [0.29, 0.717) is 0 Å². The number of fused-ring (bicyclic) bond motifs is 2. The highest BCUT2D eigenvalue weighted by Gasteiger charge is 2.22. The first-order valence-electron chi connectivity index (χ1n) is 10.2. The number of amides is 1. The van der Waals surface area contributed by atoms with Gasteiger partial charge in [0, 0.05) is 34.6 Å². The molecule has 1 heterocycles. The molecule has 0 N–H and O–H groups in total. The van der Waals surface area contributed by atoms with E-state index in [1.54, 1.807) is 19.1 Å². The monoisotopic (exact) mass is 393 g/mol. The number of carbonyl (C=O) groups excluding carboxylic acids is 1. The molecule has 1 aliphatic heterocycles. The molecule has 3 aromatic rings. The Morgan fingerprint density at radius 3 is 2.07 bits per heavy atom. The van der Waals surface area contributed by atoms with E-state index in [4.69, 9.17) is 14.2 Å². The van der Waals surface area contributed by atoms with Crippen LogP contribution in [0.4, 0.5) is 4.79 Å². The summed E-state index contributed by atoms with van der Waals surface area (Å²) in [7, 11) is 3.37. The molecule has 1 aliphatic rings. The standard InChI is InChI=1S/C24H27NO4/c1-16(29-24(26)25-13-7-4-8-14-25)17-11-12-20-21(15-17)23(28-3)19-10-6-5-9-18(19)22(20)27-2/h5-6,9-12,15-16H,4,7-8,13-14H2,1-3H3. The van der Waals surface area contributed by atoms with Crippen LogP contribution in [0.25, 0.3) is 21.5 Å². The number of rotatable bonds is 4. The quantitative estimate of drug-likeness (QED) is 0.534. The van der Waals surface area contributed by atoms with Gasteiger partial charge in [0.1, 0.15) is 17.6 Å². The molecule has 0 saturated carbocycles. The highest BCUT2D eigenvalue weighted by atomic mass is 16.6. The zero-order valence-corrected chi connectivity index (χ0v) is 17.2. The van der Waals surface area contributed by atoms with E-state index in [9.17, 15) is 4.79 Å². The molecule has 1 amide bonds. The third-order valence-corrected chi connectivity index (χ3v) is 5.72. The maximum Gasteiger partial charge on any atom is 0.410 e. The number of ether oxygens (including phenoxy) is 3. The summed E-state index contributed by atoms with van der Waals surface area (Å²) in [4.78, 5) is 14.3. The minimum absolute atomic E-state index is 0.236. The minimum Gasteiger partial charge on any atom is -0.495 e. The van der Waals surface area contributed by atoms with E-state index in [-0.39, 0.29) is 12.2 Å². The van der Waals surface area contributed by atoms with Crippen LogP contribution in [-0.4, -0.2) is 38.3 Å². The van der Waals surface area contributed by atoms with Crippen molar-refractivity contribution < 1.29 is 19.0 Å². The lowest BCUT2D eigenvalue weighted by Gasteiger charge is -2.27. The summed E-state index contributed by atoms with van der Waals surface area (Å²) in [5.74, 6) is 1.62. The Morgan fingerprint density at radius 2 is 1.45 bits per heavy atom. The fourth-order valence-corrected chi connectivity index (χ4v) is 4.18. The van der Waals surface area contributed by atoms with Crippen molar-refractivity contribution in [2.75, 3.05) is 27.3 Å². The second-order valence-electron chi connectivity index (χ2n) is 7.49. The van der Waals surface area contributed by atoms with Gasteiger partial charge in [-0.3, -0.25) is 0 Å². The SMILES string of the molecule is COc1c2ccccc2c(OC)c2cc(C(C)OC(=O)N3CCCCC3)ccc12. The maximum absolute atomic E-state index is 12.5. The maximum atomic E-state index is 12.5. The first-order chi connectivity index (χ1) is 14.1. The molecule has 0 bridgehead atoms. The molecule has 0 spiro atoms. The topological polar surface area (TPSA) is 48.0 Å². The first-order valence-corrected chi connectivity index (χ1v) is 10.2. The lowest BCUT2D eigenvalue weighted by atomic mass is 9.97. The van der Waals surface area contributed by atoms with Crippen molar-refractivity contribution in [1.29, 1.82) is 0 Å². The van der Waals surface area contributed by atoms with Crippen molar-refractivity contribution in [1.82, 2.24) is 4.90 Å². The summed E-state index contributed by atoms with van der Waals surface area (Å²) in [5.41, 5.74) is 0.929. The lowest BCUT2D eigenvalue weighted by Crippen LogP contribution is -2.36. The normalized spacial score (nSPS) is 15.3. The fourth-order valence-electron chi connectivity index (χ4n) is 4.18. The van der Waals surface area contributed by atoms with Crippen molar-refractivity contribution in [2.24, 2.45) is 0 Å². The smallest absolute Gasteiger partial charge is 0.410 e. The Labute approximate surface area is 171 Å². The van der Waals surface area contributed by atoms with Gasteiger partial charge in [-0.25, -0.2) is 4.79 Å². The molecule has 5 heteroatoms. The number of carbonyl (C=O) groups is 1. The average Bonchev–Trinajstić information content (AvgIpc) is 2.77. The number of methoxy groups -OCH3 is 2. The number of piperidine rings is 1. The number of hydrogen-bond donors (Lipinski definition) is 0. The van der Waals surface area contributed by atoms with E-state index in [2.05, 4.69) is 0 Å². The molecule has 1 atom stereocenters. The Balaban J connectivity index is 1.73. The molecule has 1 unspecified atom stereocenters. The molecule has 152 valence electrons. The molecular formula is C24H27NO4. The highest BCUT2D eigenvalue weighted by Crippen LogP contribution is 2.43. The first kappa shape index (κ1) is 19.4. The van der Waals surface area contributed by atoms with Crippen LogP contribution >= 0.6 is 0 Å². The minimum atomic E-state index is -0.351. The third kappa shape index (κ3) is 3.57. The van der Waals surface area contributed by atoms with Crippen LogP contribution in [0, 0.1) is 0 Å². The molecule has 29 heavy (non-hydrogen) atoms. The van der Waals surface area contributed by atoms with Crippen molar-refractivity contribution in [3.8, 4) is 11.5 Å². The number of nitrogens with zero attached hydrogens (tertiary/aromatic N) is 1. The van der Waals surface area contributed by atoms with Gasteiger partial charge in [0.25, 0.3) is 0 Å². The Kier molecular flexibility index (Phi) is 5.47. The lowest BCUT2D eigenvalue weighted by molar-refractivity contribution is 0.0643. The van der Waals surface area contributed by atoms with E-state index in [1.807, 2.05) is 49.4 Å². The van der Waals surface area contributed by atoms with E-state index in [1.165, 1.54) is 6.42 Å². The molecule has 5 nitrogen and oxygen atoms in total. The van der Waals surface area contributed by atoms with Crippen LogP contribution in [0.1, 0.15) is 37.9 Å². The summed E-state index contributed by atoms with van der Waals surface area (Å²) in [6, 6.07) is 14.1. The van der Waals surface area contributed by atoms with Crippen LogP contribution in [-0.2, 0) is 4.74 Å². The van der Waals surface area contributed by atoms with E-state index < -0.39 is 0 Å². The van der Waals surface area contributed by atoms with Crippen molar-refractivity contribution in [3.05, 3.63) is 48.0 Å². The van der Waals surface area contributed by atoms with Crippen LogP contribution in [0.3, 0.4) is 0 Å². The number of benzene rings is 3. The Bertz CT molecular complexity index is 1040. The third-order valence-electron chi connectivity index (χ3n) is 5.72.